The number of nitro benzene ring substituents is 1. The molecule has 10 nitrogen and oxygen atoms in total. The molecule has 4 rings (SSSR count). The number of halogens is 1. The summed E-state index contributed by atoms with van der Waals surface area (Å²) in [7, 11) is -4.24. The summed E-state index contributed by atoms with van der Waals surface area (Å²) < 4.78 is 39.4. The Hall–Kier alpha value is -3.83. The third-order valence-electron chi connectivity index (χ3n) is 4.55. The van der Waals surface area contributed by atoms with Crippen LogP contribution < -0.4 is 19.6 Å². The van der Waals surface area contributed by atoms with Gasteiger partial charge in [-0.15, -0.1) is 0 Å². The predicted octanol–water partition coefficient (Wildman–Crippen LogP) is 4.27. The second kappa shape index (κ2) is 9.35. The number of ether oxygens (including phenoxy) is 2. The van der Waals surface area contributed by atoms with Gasteiger partial charge in [-0.2, -0.15) is 5.10 Å². The molecule has 0 aromatic heterocycles. The van der Waals surface area contributed by atoms with Crippen molar-refractivity contribution >= 4 is 44.9 Å². The number of nitro groups is 1. The number of anilines is 2. The highest BCUT2D eigenvalue weighted by atomic mass is 35.5. The van der Waals surface area contributed by atoms with E-state index in [1.54, 1.807) is 30.3 Å². The van der Waals surface area contributed by atoms with Gasteiger partial charge in [-0.05, 0) is 42.0 Å². The van der Waals surface area contributed by atoms with Gasteiger partial charge in [-0.25, -0.2) is 8.42 Å². The highest BCUT2D eigenvalue weighted by molar-refractivity contribution is 7.93. The number of benzene rings is 3. The summed E-state index contributed by atoms with van der Waals surface area (Å²) in [6.07, 6.45) is 1.46. The van der Waals surface area contributed by atoms with E-state index >= 15 is 0 Å². The van der Waals surface area contributed by atoms with Gasteiger partial charge in [0.1, 0.15) is 18.1 Å². The molecule has 1 heterocycles. The van der Waals surface area contributed by atoms with E-state index in [2.05, 4.69) is 15.2 Å². The largest absolute Gasteiger partial charge is 0.486 e. The fourth-order valence-electron chi connectivity index (χ4n) is 3.00. The number of nitrogens with one attached hydrogen (secondary N) is 2. The van der Waals surface area contributed by atoms with Crippen LogP contribution in [0.5, 0.6) is 11.5 Å². The molecule has 3 aromatic rings. The van der Waals surface area contributed by atoms with Gasteiger partial charge in [0.15, 0.2) is 11.5 Å². The van der Waals surface area contributed by atoms with Crippen molar-refractivity contribution in [3.05, 3.63) is 81.4 Å². The SMILES string of the molecule is O=[N+]([O-])c1ccc(NN=Cc2ccc3c(c2)OCCO3)c(S(=O)(=O)Nc2ccccc2Cl)c1. The molecule has 0 atom stereocenters. The van der Waals surface area contributed by atoms with E-state index in [4.69, 9.17) is 21.1 Å². The molecule has 0 bridgehead atoms. The lowest BCUT2D eigenvalue weighted by molar-refractivity contribution is -0.385. The van der Waals surface area contributed by atoms with Crippen LogP contribution in [0.3, 0.4) is 0 Å². The summed E-state index contributed by atoms with van der Waals surface area (Å²) in [6.45, 7) is 0.913. The number of hydrogen-bond acceptors (Lipinski definition) is 8. The van der Waals surface area contributed by atoms with Crippen molar-refractivity contribution in [2.24, 2.45) is 5.10 Å². The van der Waals surface area contributed by atoms with Crippen molar-refractivity contribution in [2.75, 3.05) is 23.4 Å². The molecule has 12 heteroatoms. The Balaban J connectivity index is 1.62. The molecular formula is C21H17ClN4O6S. The number of non-ortho nitro benzene ring substituents is 1. The van der Waals surface area contributed by atoms with Crippen molar-refractivity contribution in [1.82, 2.24) is 0 Å². The summed E-state index contributed by atoms with van der Waals surface area (Å²) in [5.74, 6) is 1.20. The number of rotatable bonds is 7. The van der Waals surface area contributed by atoms with Crippen LogP contribution >= 0.6 is 11.6 Å². The Bertz CT molecular complexity index is 1350. The van der Waals surface area contributed by atoms with E-state index in [1.807, 2.05) is 0 Å². The molecule has 0 fully saturated rings. The molecule has 0 unspecified atom stereocenters. The molecule has 0 spiro atoms. The van der Waals surface area contributed by atoms with Crippen LogP contribution in [0.4, 0.5) is 17.1 Å². The van der Waals surface area contributed by atoms with E-state index < -0.39 is 20.6 Å². The summed E-state index contributed by atoms with van der Waals surface area (Å²) in [4.78, 5) is 10.2. The third kappa shape index (κ3) is 5.16. The van der Waals surface area contributed by atoms with Gasteiger partial charge in [0.25, 0.3) is 15.7 Å². The zero-order valence-corrected chi connectivity index (χ0v) is 18.5. The van der Waals surface area contributed by atoms with E-state index in [1.165, 1.54) is 30.5 Å². The quantitative estimate of drug-likeness (QED) is 0.288. The van der Waals surface area contributed by atoms with Crippen LogP contribution in [0.2, 0.25) is 5.02 Å². The molecule has 0 aliphatic carbocycles. The maximum absolute atomic E-state index is 13.0. The molecule has 0 saturated carbocycles. The first-order chi connectivity index (χ1) is 15.8. The van der Waals surface area contributed by atoms with Crippen LogP contribution in [0.1, 0.15) is 5.56 Å². The molecule has 0 radical (unpaired) electrons. The first-order valence-corrected chi connectivity index (χ1v) is 11.4. The summed E-state index contributed by atoms with van der Waals surface area (Å²) in [5.41, 5.74) is 3.09. The molecule has 0 saturated heterocycles. The van der Waals surface area contributed by atoms with Gasteiger partial charge in [0, 0.05) is 12.1 Å². The van der Waals surface area contributed by atoms with E-state index in [9.17, 15) is 18.5 Å². The summed E-state index contributed by atoms with van der Waals surface area (Å²) >= 11 is 6.05. The average Bonchev–Trinajstić information content (AvgIpc) is 2.80. The Morgan fingerprint density at radius 2 is 1.76 bits per heavy atom. The molecular weight excluding hydrogens is 472 g/mol. The molecule has 2 N–H and O–H groups in total. The Morgan fingerprint density at radius 1 is 1.00 bits per heavy atom. The molecule has 1 aliphatic rings. The number of nitrogens with zero attached hydrogens (tertiary/aromatic N) is 2. The normalized spacial score (nSPS) is 13.0. The molecule has 0 amide bonds. The first kappa shape index (κ1) is 22.4. The second-order valence-corrected chi connectivity index (χ2v) is 8.85. The number of hydrogen-bond donors (Lipinski definition) is 2. The third-order valence-corrected chi connectivity index (χ3v) is 6.28. The number of hydrazone groups is 1. The van der Waals surface area contributed by atoms with E-state index in [0.29, 0.717) is 30.3 Å². The van der Waals surface area contributed by atoms with Crippen molar-refractivity contribution in [3.8, 4) is 11.5 Å². The molecule has 1 aliphatic heterocycles. The number of sulfonamides is 1. The summed E-state index contributed by atoms with van der Waals surface area (Å²) in [5, 5.41) is 15.5. The molecule has 170 valence electrons. The maximum atomic E-state index is 13.0. The predicted molar refractivity (Wildman–Crippen MR) is 124 cm³/mol. The fourth-order valence-corrected chi connectivity index (χ4v) is 4.50. The zero-order valence-electron chi connectivity index (χ0n) is 16.9. The van der Waals surface area contributed by atoms with Crippen molar-refractivity contribution < 1.29 is 22.8 Å². The Kier molecular flexibility index (Phi) is 6.33. The molecule has 3 aromatic carbocycles. The minimum atomic E-state index is -4.24. The van der Waals surface area contributed by atoms with Gasteiger partial charge in [0.05, 0.1) is 27.5 Å². The number of fused-ring (bicyclic) bond motifs is 1. The van der Waals surface area contributed by atoms with Gasteiger partial charge in [-0.3, -0.25) is 20.3 Å². The van der Waals surface area contributed by atoms with Gasteiger partial charge >= 0.3 is 0 Å². The fraction of sp³-hybridized carbons (Fsp3) is 0.0952. The number of para-hydroxylation sites is 1. The zero-order chi connectivity index (χ0) is 23.4. The average molecular weight is 489 g/mol. The highest BCUT2D eigenvalue weighted by Crippen LogP contribution is 2.31. The Labute approximate surface area is 194 Å². The topological polar surface area (TPSA) is 132 Å². The minimum Gasteiger partial charge on any atom is -0.486 e. The monoisotopic (exact) mass is 488 g/mol. The van der Waals surface area contributed by atoms with Gasteiger partial charge in [-0.1, -0.05) is 23.7 Å². The van der Waals surface area contributed by atoms with Crippen LogP contribution in [0.15, 0.2) is 70.7 Å². The smallest absolute Gasteiger partial charge is 0.270 e. The lowest BCUT2D eigenvalue weighted by Crippen LogP contribution is -2.15. The minimum absolute atomic E-state index is 0.0361. The summed E-state index contributed by atoms with van der Waals surface area (Å²) in [6, 6.07) is 14.9. The lowest BCUT2D eigenvalue weighted by Gasteiger charge is -2.18. The second-order valence-electron chi connectivity index (χ2n) is 6.80. The van der Waals surface area contributed by atoms with Gasteiger partial charge < -0.3 is 9.47 Å². The highest BCUT2D eigenvalue weighted by Gasteiger charge is 2.23. The van der Waals surface area contributed by atoms with E-state index in [-0.39, 0.29) is 21.3 Å². The van der Waals surface area contributed by atoms with Crippen LogP contribution in [-0.2, 0) is 10.0 Å². The first-order valence-electron chi connectivity index (χ1n) is 9.58. The molecule has 33 heavy (non-hydrogen) atoms. The van der Waals surface area contributed by atoms with Crippen LogP contribution in [0, 0.1) is 10.1 Å². The lowest BCUT2D eigenvalue weighted by atomic mass is 10.2. The van der Waals surface area contributed by atoms with Crippen LogP contribution in [0.25, 0.3) is 0 Å². The van der Waals surface area contributed by atoms with Crippen molar-refractivity contribution in [1.29, 1.82) is 0 Å². The van der Waals surface area contributed by atoms with E-state index in [0.717, 1.165) is 6.07 Å². The van der Waals surface area contributed by atoms with Crippen molar-refractivity contribution in [3.63, 3.8) is 0 Å². The van der Waals surface area contributed by atoms with Gasteiger partial charge in [0.2, 0.25) is 0 Å². The standard InChI is InChI=1S/C21H17ClN4O6S/c22-16-3-1-2-4-17(16)25-33(29,30)21-12-15(26(27)28)6-7-18(21)24-23-13-14-5-8-19-20(11-14)32-10-9-31-19/h1-8,11-13,24-25H,9-10H2. The Morgan fingerprint density at radius 3 is 2.52 bits per heavy atom. The maximum Gasteiger partial charge on any atom is 0.270 e. The van der Waals surface area contributed by atoms with Crippen LogP contribution in [-0.4, -0.2) is 32.8 Å². The van der Waals surface area contributed by atoms with Crippen molar-refractivity contribution in [2.45, 2.75) is 4.90 Å².